The topological polar surface area (TPSA) is 90.9 Å². The van der Waals surface area contributed by atoms with Crippen LogP contribution in [-0.4, -0.2) is 105 Å². The second-order valence-corrected chi connectivity index (χ2v) is 10.1. The molecule has 0 radical (unpaired) electrons. The summed E-state index contributed by atoms with van der Waals surface area (Å²) in [7, 11) is 0. The Morgan fingerprint density at radius 2 is 0.659 bits per heavy atom. The highest BCUT2D eigenvalue weighted by molar-refractivity contribution is 5.69. The number of carbonyl (C=O) groups is 1. The molecule has 0 N–H and O–H groups in total. The Morgan fingerprint density at radius 1 is 0.366 bits per heavy atom. The zero-order chi connectivity index (χ0) is 29.7. The molecule has 0 aliphatic rings. The first-order valence-corrected chi connectivity index (χ1v) is 16.5. The fourth-order valence-electron chi connectivity index (χ4n) is 4.03. The maximum absolute atomic E-state index is 11.1. The second kappa shape index (κ2) is 37.2. The maximum atomic E-state index is 11.1. The molecule has 0 saturated heterocycles. The molecule has 0 aliphatic heterocycles. The molecule has 0 atom stereocenters. The van der Waals surface area contributed by atoms with Gasteiger partial charge in [-0.2, -0.15) is 0 Å². The van der Waals surface area contributed by atoms with Gasteiger partial charge >= 0.3 is 5.97 Å². The fourth-order valence-corrected chi connectivity index (χ4v) is 4.03. The lowest BCUT2D eigenvalue weighted by Crippen LogP contribution is -2.15. The van der Waals surface area contributed by atoms with E-state index in [9.17, 15) is 4.79 Å². The zero-order valence-corrected chi connectivity index (χ0v) is 26.7. The van der Waals surface area contributed by atoms with Crippen molar-refractivity contribution in [2.24, 2.45) is 0 Å². The SMILES string of the molecule is CCCCCCCCCCCCCCCOCCOCCOCCOCCOCCOCCOCCC(=O)OCC. The van der Waals surface area contributed by atoms with E-state index in [1.165, 1.54) is 77.0 Å². The number of unbranched alkanes of at least 4 members (excludes halogenated alkanes) is 12. The van der Waals surface area contributed by atoms with Crippen LogP contribution in [0.5, 0.6) is 0 Å². The van der Waals surface area contributed by atoms with Crippen molar-refractivity contribution in [1.82, 2.24) is 0 Å². The quantitative estimate of drug-likeness (QED) is 0.0628. The van der Waals surface area contributed by atoms with Gasteiger partial charge in [0.1, 0.15) is 0 Å². The third-order valence-corrected chi connectivity index (χ3v) is 6.38. The molecule has 0 aliphatic carbocycles. The number of esters is 1. The molecule has 0 rings (SSSR count). The summed E-state index contributed by atoms with van der Waals surface area (Å²) in [5.74, 6) is -0.240. The minimum atomic E-state index is -0.240. The van der Waals surface area contributed by atoms with Gasteiger partial charge in [-0.05, 0) is 13.3 Å². The van der Waals surface area contributed by atoms with Gasteiger partial charge in [-0.3, -0.25) is 4.79 Å². The Balaban J connectivity index is 3.05. The highest BCUT2D eigenvalue weighted by Gasteiger charge is 2.01. The van der Waals surface area contributed by atoms with E-state index in [0.717, 1.165) is 13.0 Å². The predicted octanol–water partition coefficient (Wildman–Crippen LogP) is 6.15. The Hall–Kier alpha value is -0.810. The van der Waals surface area contributed by atoms with Crippen molar-refractivity contribution in [2.45, 2.75) is 104 Å². The lowest BCUT2D eigenvalue weighted by atomic mass is 10.0. The van der Waals surface area contributed by atoms with E-state index in [4.69, 9.17) is 37.9 Å². The van der Waals surface area contributed by atoms with Gasteiger partial charge in [0.15, 0.2) is 0 Å². The van der Waals surface area contributed by atoms with Crippen LogP contribution in [0.4, 0.5) is 0 Å². The molecule has 0 amide bonds. The number of hydrogen-bond acceptors (Lipinski definition) is 9. The van der Waals surface area contributed by atoms with E-state index in [0.29, 0.717) is 92.5 Å². The van der Waals surface area contributed by atoms with E-state index in [-0.39, 0.29) is 12.4 Å². The normalized spacial score (nSPS) is 11.4. The fraction of sp³-hybridized carbons (Fsp3) is 0.969. The third-order valence-electron chi connectivity index (χ3n) is 6.38. The highest BCUT2D eigenvalue weighted by Crippen LogP contribution is 2.12. The van der Waals surface area contributed by atoms with Crippen molar-refractivity contribution in [3.63, 3.8) is 0 Å². The third kappa shape index (κ3) is 37.2. The van der Waals surface area contributed by atoms with E-state index in [1.54, 1.807) is 6.92 Å². The van der Waals surface area contributed by atoms with Crippen LogP contribution in [0.25, 0.3) is 0 Å². The number of hydrogen-bond donors (Lipinski definition) is 0. The van der Waals surface area contributed by atoms with Gasteiger partial charge in [0.2, 0.25) is 0 Å². The van der Waals surface area contributed by atoms with Crippen molar-refractivity contribution in [1.29, 1.82) is 0 Å². The average Bonchev–Trinajstić information content (AvgIpc) is 2.97. The van der Waals surface area contributed by atoms with Crippen LogP contribution >= 0.6 is 0 Å². The van der Waals surface area contributed by atoms with Gasteiger partial charge in [0.05, 0.1) is 98.9 Å². The van der Waals surface area contributed by atoms with E-state index in [2.05, 4.69) is 6.92 Å². The molecular formula is C32H64O9. The Bertz CT molecular complexity index is 494. The average molecular weight is 593 g/mol. The molecule has 0 bridgehead atoms. The van der Waals surface area contributed by atoms with Gasteiger partial charge in [0.25, 0.3) is 0 Å². The van der Waals surface area contributed by atoms with E-state index >= 15 is 0 Å². The van der Waals surface area contributed by atoms with Gasteiger partial charge in [0, 0.05) is 6.61 Å². The van der Waals surface area contributed by atoms with Gasteiger partial charge in [-0.15, -0.1) is 0 Å². The summed E-state index contributed by atoms with van der Waals surface area (Å²) >= 11 is 0. The van der Waals surface area contributed by atoms with Crippen molar-refractivity contribution >= 4 is 5.97 Å². The van der Waals surface area contributed by atoms with Crippen LogP contribution in [-0.2, 0) is 42.7 Å². The summed E-state index contributed by atoms with van der Waals surface area (Å²) in [6.07, 6.45) is 18.1. The monoisotopic (exact) mass is 592 g/mol. The smallest absolute Gasteiger partial charge is 0.308 e. The van der Waals surface area contributed by atoms with Crippen LogP contribution in [0.1, 0.15) is 104 Å². The molecule has 41 heavy (non-hydrogen) atoms. The molecular weight excluding hydrogens is 528 g/mol. The molecule has 0 aromatic carbocycles. The van der Waals surface area contributed by atoms with Gasteiger partial charge in [-0.25, -0.2) is 0 Å². The van der Waals surface area contributed by atoms with E-state index in [1.807, 2.05) is 0 Å². The summed E-state index contributed by atoms with van der Waals surface area (Å²) in [4.78, 5) is 11.1. The molecule has 0 aromatic rings. The van der Waals surface area contributed by atoms with E-state index < -0.39 is 0 Å². The molecule has 0 aromatic heterocycles. The van der Waals surface area contributed by atoms with Crippen molar-refractivity contribution in [3.8, 4) is 0 Å². The van der Waals surface area contributed by atoms with Crippen LogP contribution in [0, 0.1) is 0 Å². The van der Waals surface area contributed by atoms with Crippen molar-refractivity contribution in [3.05, 3.63) is 0 Å². The number of ether oxygens (including phenoxy) is 8. The Morgan fingerprint density at radius 3 is 1.00 bits per heavy atom. The van der Waals surface area contributed by atoms with Crippen LogP contribution in [0.3, 0.4) is 0 Å². The number of carbonyl (C=O) groups excluding carboxylic acids is 1. The molecule has 0 unspecified atom stereocenters. The lowest BCUT2D eigenvalue weighted by Gasteiger charge is -2.08. The first-order valence-electron chi connectivity index (χ1n) is 16.5. The minimum absolute atomic E-state index is 0.240. The minimum Gasteiger partial charge on any atom is -0.466 e. The molecule has 0 fully saturated rings. The van der Waals surface area contributed by atoms with Gasteiger partial charge < -0.3 is 37.9 Å². The summed E-state index contributed by atoms with van der Waals surface area (Å²) in [5, 5.41) is 0. The molecule has 0 heterocycles. The summed E-state index contributed by atoms with van der Waals surface area (Å²) < 4.78 is 43.1. The summed E-state index contributed by atoms with van der Waals surface area (Å²) in [6, 6.07) is 0. The van der Waals surface area contributed by atoms with Gasteiger partial charge in [-0.1, -0.05) is 84.0 Å². The summed E-state index contributed by atoms with van der Waals surface area (Å²) in [5.41, 5.74) is 0. The van der Waals surface area contributed by atoms with Crippen LogP contribution in [0.2, 0.25) is 0 Å². The molecule has 9 heteroatoms. The van der Waals surface area contributed by atoms with Crippen molar-refractivity contribution in [2.75, 3.05) is 99.1 Å². The standard InChI is InChI=1S/C32H64O9/c1-3-5-6-7-8-9-10-11-12-13-14-15-16-18-34-20-22-36-24-26-38-28-30-40-31-29-39-27-25-37-23-21-35-19-17-32(33)41-4-2/h3-31H2,1-2H3. The molecule has 0 saturated carbocycles. The largest absolute Gasteiger partial charge is 0.466 e. The molecule has 9 nitrogen and oxygen atoms in total. The zero-order valence-electron chi connectivity index (χ0n) is 26.7. The van der Waals surface area contributed by atoms with Crippen LogP contribution < -0.4 is 0 Å². The van der Waals surface area contributed by atoms with Crippen LogP contribution in [0.15, 0.2) is 0 Å². The predicted molar refractivity (Wildman–Crippen MR) is 163 cm³/mol. The summed E-state index contributed by atoms with van der Waals surface area (Å²) in [6.45, 7) is 12.1. The molecule has 246 valence electrons. The Labute approximate surface area is 251 Å². The lowest BCUT2D eigenvalue weighted by molar-refractivity contribution is -0.144. The highest BCUT2D eigenvalue weighted by atomic mass is 16.6. The first kappa shape index (κ1) is 40.2. The maximum Gasteiger partial charge on any atom is 0.308 e. The molecule has 0 spiro atoms. The second-order valence-electron chi connectivity index (χ2n) is 10.1. The van der Waals surface area contributed by atoms with Crippen molar-refractivity contribution < 1.29 is 42.7 Å². The Kier molecular flexibility index (Phi) is 36.5. The first-order chi connectivity index (χ1) is 20.3. The number of rotatable bonds is 36.